The van der Waals surface area contributed by atoms with E-state index < -0.39 is 0 Å². The molecule has 0 N–H and O–H groups in total. The Morgan fingerprint density at radius 2 is 0.488 bits per heavy atom. The summed E-state index contributed by atoms with van der Waals surface area (Å²) in [5, 5.41) is 0. The molecule has 0 fully saturated rings. The molecular formula is C40H82O3. The first-order chi connectivity index (χ1) is 21.1. The molecule has 260 valence electrons. The molecule has 0 unspecified atom stereocenters. The molecule has 0 rings (SSSR count). The predicted octanol–water partition coefficient (Wildman–Crippen LogP) is 14.3. The van der Waals surface area contributed by atoms with E-state index in [1.54, 1.807) is 0 Å². The Hall–Kier alpha value is -0.120. The molecule has 0 aliphatic rings. The highest BCUT2D eigenvalue weighted by Crippen LogP contribution is 2.35. The number of ether oxygens (including phenoxy) is 3. The Morgan fingerprint density at radius 3 is 0.674 bits per heavy atom. The van der Waals surface area contributed by atoms with Gasteiger partial charge in [-0.2, -0.15) is 0 Å². The van der Waals surface area contributed by atoms with Gasteiger partial charge in [-0.25, -0.2) is 0 Å². The van der Waals surface area contributed by atoms with Crippen LogP contribution in [0.5, 0.6) is 0 Å². The van der Waals surface area contributed by atoms with Gasteiger partial charge in [-0.1, -0.05) is 196 Å². The second kappa shape index (κ2) is 31.8. The molecule has 0 amide bonds. The van der Waals surface area contributed by atoms with Crippen LogP contribution < -0.4 is 0 Å². The molecule has 0 aromatic carbocycles. The second-order valence-corrected chi connectivity index (χ2v) is 14.0. The average Bonchev–Trinajstić information content (AvgIpc) is 3.02. The molecule has 0 atom stereocenters. The van der Waals surface area contributed by atoms with E-state index in [4.69, 9.17) is 14.2 Å². The highest BCUT2D eigenvalue weighted by molar-refractivity contribution is 4.82. The summed E-state index contributed by atoms with van der Waals surface area (Å²) < 4.78 is 19.9. The van der Waals surface area contributed by atoms with Crippen molar-refractivity contribution in [3.8, 4) is 0 Å². The van der Waals surface area contributed by atoms with Gasteiger partial charge in [-0.15, -0.1) is 0 Å². The van der Waals surface area contributed by atoms with Gasteiger partial charge in [0.15, 0.2) is 0 Å². The molecule has 0 saturated carbocycles. The minimum atomic E-state index is -0.0211. The first kappa shape index (κ1) is 42.9. The summed E-state index contributed by atoms with van der Waals surface area (Å²) in [6.45, 7) is 14.6. The summed E-state index contributed by atoms with van der Waals surface area (Å²) in [6, 6.07) is 0. The quantitative estimate of drug-likeness (QED) is 0.0521. The molecule has 0 aliphatic heterocycles. The fraction of sp³-hybridized carbons (Fsp3) is 1.00. The van der Waals surface area contributed by atoms with E-state index >= 15 is 0 Å². The van der Waals surface area contributed by atoms with Crippen LogP contribution in [0.15, 0.2) is 0 Å². The molecule has 0 aromatic rings. The fourth-order valence-corrected chi connectivity index (χ4v) is 6.79. The fourth-order valence-electron chi connectivity index (χ4n) is 6.79. The molecule has 0 aromatic heterocycles. The van der Waals surface area contributed by atoms with Crippen LogP contribution >= 0.6 is 0 Å². The van der Waals surface area contributed by atoms with Gasteiger partial charge in [0.05, 0.1) is 11.2 Å². The third-order valence-corrected chi connectivity index (χ3v) is 9.81. The van der Waals surface area contributed by atoms with Gasteiger partial charge < -0.3 is 14.2 Å². The van der Waals surface area contributed by atoms with Crippen molar-refractivity contribution in [1.82, 2.24) is 0 Å². The van der Waals surface area contributed by atoms with Crippen LogP contribution in [0.4, 0.5) is 0 Å². The molecule has 0 aliphatic carbocycles. The third-order valence-electron chi connectivity index (χ3n) is 9.81. The topological polar surface area (TPSA) is 27.7 Å². The van der Waals surface area contributed by atoms with Crippen LogP contribution in [-0.4, -0.2) is 24.8 Å². The lowest BCUT2D eigenvalue weighted by Gasteiger charge is -2.36. The van der Waals surface area contributed by atoms with Crippen molar-refractivity contribution in [3.05, 3.63) is 0 Å². The molecule has 43 heavy (non-hydrogen) atoms. The monoisotopic (exact) mass is 611 g/mol. The number of rotatable bonds is 36. The van der Waals surface area contributed by atoms with Crippen molar-refractivity contribution >= 4 is 0 Å². The summed E-state index contributed by atoms with van der Waals surface area (Å²) in [5.41, 5.74) is -0.0421. The summed E-state index contributed by atoms with van der Waals surface area (Å²) >= 11 is 0. The Bertz CT molecular complexity index is 425. The minimum Gasteiger partial charge on any atom is -0.349 e. The average molecular weight is 611 g/mol. The molecule has 0 bridgehead atoms. The van der Waals surface area contributed by atoms with E-state index in [0.29, 0.717) is 13.6 Å². The van der Waals surface area contributed by atoms with Crippen molar-refractivity contribution in [2.24, 2.45) is 0 Å². The third kappa shape index (κ3) is 24.7. The van der Waals surface area contributed by atoms with Gasteiger partial charge in [-0.05, 0) is 38.5 Å². The summed E-state index contributed by atoms with van der Waals surface area (Å²) in [7, 11) is 0. The van der Waals surface area contributed by atoms with Crippen molar-refractivity contribution in [2.75, 3.05) is 13.6 Å². The lowest BCUT2D eigenvalue weighted by Crippen LogP contribution is -2.36. The summed E-state index contributed by atoms with van der Waals surface area (Å²) in [4.78, 5) is 0. The largest absolute Gasteiger partial charge is 0.349 e. The SMILES string of the molecule is CCCCCCC(CCCCCC)(CCCCCC)OCOCOC(CCCCCC)(CCCCCC)CCCCCC. The van der Waals surface area contributed by atoms with E-state index in [1.807, 2.05) is 0 Å². The zero-order chi connectivity index (χ0) is 31.7. The zero-order valence-corrected chi connectivity index (χ0v) is 30.9. The maximum atomic E-state index is 6.82. The highest BCUT2D eigenvalue weighted by atomic mass is 16.7. The number of unbranched alkanes of at least 4 members (excludes halogenated alkanes) is 18. The van der Waals surface area contributed by atoms with Crippen LogP contribution in [0, 0.1) is 0 Å². The van der Waals surface area contributed by atoms with Crippen LogP contribution in [0.1, 0.15) is 234 Å². The zero-order valence-electron chi connectivity index (χ0n) is 30.9. The summed E-state index contributed by atoms with van der Waals surface area (Å²) in [6.07, 6.45) is 38.5. The van der Waals surface area contributed by atoms with Gasteiger partial charge in [0.25, 0.3) is 0 Å². The molecule has 0 saturated heterocycles. The van der Waals surface area contributed by atoms with Crippen molar-refractivity contribution in [3.63, 3.8) is 0 Å². The standard InChI is InChI=1S/C40H82O3/c1-7-13-19-25-31-39(32-26-20-14-8-2,33-27-21-15-9-3)42-37-41-38-43-40(34-28-22-16-10-4,35-29-23-17-11-5)36-30-24-18-12-6/h7-38H2,1-6H3. The van der Waals surface area contributed by atoms with Gasteiger partial charge in [0.2, 0.25) is 0 Å². The highest BCUT2D eigenvalue weighted by Gasteiger charge is 2.32. The van der Waals surface area contributed by atoms with E-state index in [0.717, 1.165) is 0 Å². The van der Waals surface area contributed by atoms with Crippen LogP contribution in [-0.2, 0) is 14.2 Å². The lowest BCUT2D eigenvalue weighted by atomic mass is 9.84. The number of hydrogen-bond acceptors (Lipinski definition) is 3. The maximum Gasteiger partial charge on any atom is 0.150 e. The van der Waals surface area contributed by atoms with Crippen LogP contribution in [0.25, 0.3) is 0 Å². The van der Waals surface area contributed by atoms with E-state index in [2.05, 4.69) is 41.5 Å². The van der Waals surface area contributed by atoms with E-state index in [1.165, 1.54) is 193 Å². The van der Waals surface area contributed by atoms with Crippen molar-refractivity contribution in [1.29, 1.82) is 0 Å². The smallest absolute Gasteiger partial charge is 0.150 e. The molecule has 3 heteroatoms. The molecule has 0 radical (unpaired) electrons. The van der Waals surface area contributed by atoms with Crippen molar-refractivity contribution < 1.29 is 14.2 Å². The molecular weight excluding hydrogens is 528 g/mol. The van der Waals surface area contributed by atoms with Gasteiger partial charge in [-0.3, -0.25) is 0 Å². The van der Waals surface area contributed by atoms with Crippen molar-refractivity contribution in [2.45, 2.75) is 245 Å². The van der Waals surface area contributed by atoms with Gasteiger partial charge in [0.1, 0.15) is 13.6 Å². The van der Waals surface area contributed by atoms with Gasteiger partial charge in [0, 0.05) is 0 Å². The Kier molecular flexibility index (Phi) is 31.8. The van der Waals surface area contributed by atoms with Crippen LogP contribution in [0.2, 0.25) is 0 Å². The summed E-state index contributed by atoms with van der Waals surface area (Å²) in [5.74, 6) is 0. The normalized spacial score (nSPS) is 12.4. The predicted molar refractivity (Wildman–Crippen MR) is 191 cm³/mol. The minimum absolute atomic E-state index is 0.0211. The lowest BCUT2D eigenvalue weighted by molar-refractivity contribution is -0.218. The Labute approximate surface area is 272 Å². The first-order valence-electron chi connectivity index (χ1n) is 19.9. The molecule has 0 heterocycles. The Balaban J connectivity index is 5.38. The van der Waals surface area contributed by atoms with E-state index in [9.17, 15) is 0 Å². The first-order valence-corrected chi connectivity index (χ1v) is 19.9. The second-order valence-electron chi connectivity index (χ2n) is 14.0. The molecule has 3 nitrogen and oxygen atoms in total. The molecule has 0 spiro atoms. The Morgan fingerprint density at radius 1 is 0.279 bits per heavy atom. The van der Waals surface area contributed by atoms with Crippen LogP contribution in [0.3, 0.4) is 0 Å². The van der Waals surface area contributed by atoms with E-state index in [-0.39, 0.29) is 11.2 Å². The number of hydrogen-bond donors (Lipinski definition) is 0. The van der Waals surface area contributed by atoms with Gasteiger partial charge >= 0.3 is 0 Å². The maximum absolute atomic E-state index is 6.82.